The number of nitrogens with zero attached hydrogens (tertiary/aromatic N) is 1. The van der Waals surface area contributed by atoms with Crippen molar-refractivity contribution < 1.29 is 4.42 Å². The standard InChI is InChI=1S/C11H10N4O2/c1-5-9(17-10(12)13-5)6-2-3-7-8(4-6)15-11(16)14-7/h2-4H,1H3,(H2,12,13)(H2,14,15,16). The second kappa shape index (κ2) is 3.24. The molecule has 0 saturated carbocycles. The molecule has 0 aliphatic carbocycles. The van der Waals surface area contributed by atoms with E-state index >= 15 is 0 Å². The third kappa shape index (κ3) is 1.50. The molecule has 0 aliphatic heterocycles. The number of H-pyrrole nitrogens is 2. The topological polar surface area (TPSA) is 101 Å². The second-order valence-electron chi connectivity index (χ2n) is 3.81. The lowest BCUT2D eigenvalue weighted by Crippen LogP contribution is -1.99. The smallest absolute Gasteiger partial charge is 0.323 e. The van der Waals surface area contributed by atoms with Crippen LogP contribution in [-0.4, -0.2) is 15.0 Å². The van der Waals surface area contributed by atoms with Gasteiger partial charge in [0.15, 0.2) is 5.76 Å². The third-order valence-corrected chi connectivity index (χ3v) is 2.59. The molecule has 0 aliphatic rings. The largest absolute Gasteiger partial charge is 0.423 e. The predicted octanol–water partition coefficient (Wildman–Crippen LogP) is 1.40. The van der Waals surface area contributed by atoms with Gasteiger partial charge in [0.25, 0.3) is 6.01 Å². The first-order chi connectivity index (χ1) is 8.13. The molecule has 2 heterocycles. The molecule has 17 heavy (non-hydrogen) atoms. The maximum Gasteiger partial charge on any atom is 0.323 e. The molecule has 3 rings (SSSR count). The van der Waals surface area contributed by atoms with E-state index in [1.54, 1.807) is 6.07 Å². The third-order valence-electron chi connectivity index (χ3n) is 2.59. The molecule has 0 radical (unpaired) electrons. The molecular weight excluding hydrogens is 220 g/mol. The van der Waals surface area contributed by atoms with Gasteiger partial charge in [0.05, 0.1) is 16.7 Å². The number of aryl methyl sites for hydroxylation is 1. The molecular formula is C11H10N4O2. The van der Waals surface area contributed by atoms with Crippen LogP contribution < -0.4 is 11.4 Å². The Hall–Kier alpha value is -2.50. The van der Waals surface area contributed by atoms with Crippen LogP contribution in [-0.2, 0) is 0 Å². The first-order valence-corrected chi connectivity index (χ1v) is 5.09. The molecule has 2 aromatic heterocycles. The van der Waals surface area contributed by atoms with E-state index in [1.165, 1.54) is 0 Å². The number of oxazole rings is 1. The van der Waals surface area contributed by atoms with Crippen molar-refractivity contribution >= 4 is 17.0 Å². The Labute approximate surface area is 95.5 Å². The van der Waals surface area contributed by atoms with Gasteiger partial charge in [-0.2, -0.15) is 4.98 Å². The summed E-state index contributed by atoms with van der Waals surface area (Å²) in [6.45, 7) is 1.82. The molecule has 3 aromatic rings. The average Bonchev–Trinajstić information content (AvgIpc) is 2.78. The normalized spacial score (nSPS) is 11.1. The zero-order valence-corrected chi connectivity index (χ0v) is 9.07. The first-order valence-electron chi connectivity index (χ1n) is 5.09. The van der Waals surface area contributed by atoms with Gasteiger partial charge in [-0.05, 0) is 25.1 Å². The lowest BCUT2D eigenvalue weighted by atomic mass is 10.1. The minimum absolute atomic E-state index is 0.139. The van der Waals surface area contributed by atoms with Crippen LogP contribution in [0.5, 0.6) is 0 Å². The molecule has 4 N–H and O–H groups in total. The van der Waals surface area contributed by atoms with Crippen LogP contribution in [0.1, 0.15) is 5.69 Å². The number of nitrogens with two attached hydrogens (primary N) is 1. The van der Waals surface area contributed by atoms with Crippen molar-refractivity contribution in [3.8, 4) is 11.3 Å². The highest BCUT2D eigenvalue weighted by Gasteiger charge is 2.10. The first kappa shape index (κ1) is 9.71. The van der Waals surface area contributed by atoms with E-state index in [-0.39, 0.29) is 11.7 Å². The van der Waals surface area contributed by atoms with Gasteiger partial charge in [-0.15, -0.1) is 0 Å². The number of benzene rings is 1. The number of aromatic amines is 2. The predicted molar refractivity (Wildman–Crippen MR) is 63.6 cm³/mol. The Morgan fingerprint density at radius 3 is 2.76 bits per heavy atom. The van der Waals surface area contributed by atoms with Gasteiger partial charge in [0, 0.05) is 5.56 Å². The number of hydrogen-bond donors (Lipinski definition) is 3. The Morgan fingerprint density at radius 2 is 2.06 bits per heavy atom. The summed E-state index contributed by atoms with van der Waals surface area (Å²) in [4.78, 5) is 20.5. The van der Waals surface area contributed by atoms with Crippen molar-refractivity contribution in [3.63, 3.8) is 0 Å². The zero-order valence-electron chi connectivity index (χ0n) is 9.07. The molecule has 0 amide bonds. The number of hydrogen-bond acceptors (Lipinski definition) is 4. The summed E-state index contributed by atoms with van der Waals surface area (Å²) in [5, 5.41) is 0. The summed E-state index contributed by atoms with van der Waals surface area (Å²) in [5.41, 5.74) is 8.29. The minimum Gasteiger partial charge on any atom is -0.423 e. The molecule has 6 heteroatoms. The zero-order chi connectivity index (χ0) is 12.0. The molecule has 0 bridgehead atoms. The van der Waals surface area contributed by atoms with Gasteiger partial charge >= 0.3 is 5.69 Å². The van der Waals surface area contributed by atoms with E-state index in [0.717, 1.165) is 22.3 Å². The number of fused-ring (bicyclic) bond motifs is 1. The number of imidazole rings is 1. The summed E-state index contributed by atoms with van der Waals surface area (Å²) < 4.78 is 5.32. The Bertz CT molecular complexity index is 750. The quantitative estimate of drug-likeness (QED) is 0.588. The van der Waals surface area contributed by atoms with E-state index < -0.39 is 0 Å². The summed E-state index contributed by atoms with van der Waals surface area (Å²) in [5.74, 6) is 0.617. The Morgan fingerprint density at radius 1 is 1.29 bits per heavy atom. The van der Waals surface area contributed by atoms with E-state index in [0.29, 0.717) is 5.76 Å². The summed E-state index contributed by atoms with van der Waals surface area (Å²) in [6.07, 6.45) is 0. The molecule has 0 fully saturated rings. The molecule has 0 saturated heterocycles. The summed E-state index contributed by atoms with van der Waals surface area (Å²) >= 11 is 0. The van der Waals surface area contributed by atoms with Crippen molar-refractivity contribution in [1.82, 2.24) is 15.0 Å². The molecule has 0 unspecified atom stereocenters. The van der Waals surface area contributed by atoms with Gasteiger partial charge in [-0.1, -0.05) is 0 Å². The van der Waals surface area contributed by atoms with E-state index in [9.17, 15) is 4.79 Å². The van der Waals surface area contributed by atoms with Crippen molar-refractivity contribution in [2.75, 3.05) is 5.73 Å². The second-order valence-corrected chi connectivity index (χ2v) is 3.81. The minimum atomic E-state index is -0.231. The van der Waals surface area contributed by atoms with Crippen LogP contribution in [0.4, 0.5) is 6.01 Å². The Kier molecular flexibility index (Phi) is 1.85. The monoisotopic (exact) mass is 230 g/mol. The lowest BCUT2D eigenvalue weighted by Gasteiger charge is -1.97. The van der Waals surface area contributed by atoms with E-state index in [2.05, 4.69) is 15.0 Å². The molecule has 6 nitrogen and oxygen atoms in total. The van der Waals surface area contributed by atoms with Gasteiger partial charge in [0.2, 0.25) is 0 Å². The number of anilines is 1. The van der Waals surface area contributed by atoms with Crippen LogP contribution in [0.25, 0.3) is 22.4 Å². The average molecular weight is 230 g/mol. The SMILES string of the molecule is Cc1nc(N)oc1-c1ccc2[nH]c(=O)[nH]c2c1. The molecule has 0 atom stereocenters. The van der Waals surface area contributed by atoms with Crippen LogP contribution in [0, 0.1) is 6.92 Å². The van der Waals surface area contributed by atoms with Crippen molar-refractivity contribution in [3.05, 3.63) is 34.4 Å². The fourth-order valence-electron chi connectivity index (χ4n) is 1.86. The van der Waals surface area contributed by atoms with Crippen molar-refractivity contribution in [2.45, 2.75) is 6.92 Å². The summed E-state index contributed by atoms with van der Waals surface area (Å²) in [6, 6.07) is 5.61. The highest BCUT2D eigenvalue weighted by Crippen LogP contribution is 2.27. The number of nitrogen functional groups attached to an aromatic ring is 1. The number of aromatic nitrogens is 3. The van der Waals surface area contributed by atoms with Gasteiger partial charge < -0.3 is 20.1 Å². The van der Waals surface area contributed by atoms with Crippen LogP contribution in [0.3, 0.4) is 0 Å². The van der Waals surface area contributed by atoms with Crippen LogP contribution >= 0.6 is 0 Å². The molecule has 1 aromatic carbocycles. The maximum atomic E-state index is 11.1. The number of rotatable bonds is 1. The van der Waals surface area contributed by atoms with Gasteiger partial charge in [-0.3, -0.25) is 0 Å². The van der Waals surface area contributed by atoms with E-state index in [1.807, 2.05) is 19.1 Å². The molecule has 0 spiro atoms. The number of nitrogens with one attached hydrogen (secondary N) is 2. The van der Waals surface area contributed by atoms with Crippen LogP contribution in [0.15, 0.2) is 27.4 Å². The van der Waals surface area contributed by atoms with Crippen molar-refractivity contribution in [2.24, 2.45) is 0 Å². The lowest BCUT2D eigenvalue weighted by molar-refractivity contribution is 0.594. The van der Waals surface area contributed by atoms with Crippen molar-refractivity contribution in [1.29, 1.82) is 0 Å². The van der Waals surface area contributed by atoms with E-state index in [4.69, 9.17) is 10.2 Å². The molecule has 86 valence electrons. The highest BCUT2D eigenvalue weighted by molar-refractivity contribution is 5.80. The maximum absolute atomic E-state index is 11.1. The fourth-order valence-corrected chi connectivity index (χ4v) is 1.86. The van der Waals surface area contributed by atoms with Gasteiger partial charge in [-0.25, -0.2) is 4.79 Å². The Balaban J connectivity index is 2.23. The van der Waals surface area contributed by atoms with Crippen LogP contribution in [0.2, 0.25) is 0 Å². The van der Waals surface area contributed by atoms with Gasteiger partial charge in [0.1, 0.15) is 0 Å². The fraction of sp³-hybridized carbons (Fsp3) is 0.0909. The highest BCUT2D eigenvalue weighted by atomic mass is 16.4. The summed E-state index contributed by atoms with van der Waals surface area (Å²) in [7, 11) is 0.